The molecule has 1 aliphatic rings. The lowest BCUT2D eigenvalue weighted by Gasteiger charge is -2.30. The van der Waals surface area contributed by atoms with E-state index in [0.717, 1.165) is 31.5 Å². The second-order valence-electron chi connectivity index (χ2n) is 6.20. The molecule has 0 radical (unpaired) electrons. The van der Waals surface area contributed by atoms with Gasteiger partial charge >= 0.3 is 0 Å². The number of likely N-dealkylation sites (tertiary alicyclic amines) is 1. The highest BCUT2D eigenvalue weighted by molar-refractivity contribution is 5.30. The standard InChI is InChI=1S/C15H29N5/c1-13-5-8-20(9-6-13)10-7-16-11-14-12-17-15(18(2)3)19(14)4/h12-13,16H,5-11H2,1-4H3. The van der Waals surface area contributed by atoms with Crippen LogP contribution in [0.2, 0.25) is 0 Å². The van der Waals surface area contributed by atoms with Crippen molar-refractivity contribution in [2.75, 3.05) is 45.2 Å². The molecular weight excluding hydrogens is 250 g/mol. The summed E-state index contributed by atoms with van der Waals surface area (Å²) in [7, 11) is 6.12. The fourth-order valence-corrected chi connectivity index (χ4v) is 2.75. The van der Waals surface area contributed by atoms with E-state index in [-0.39, 0.29) is 0 Å². The third-order valence-electron chi connectivity index (χ3n) is 4.25. The van der Waals surface area contributed by atoms with Crippen molar-refractivity contribution in [3.63, 3.8) is 0 Å². The average Bonchev–Trinajstić information content (AvgIpc) is 2.78. The van der Waals surface area contributed by atoms with Gasteiger partial charge in [-0.15, -0.1) is 0 Å². The van der Waals surface area contributed by atoms with Crippen molar-refractivity contribution in [1.82, 2.24) is 19.8 Å². The second kappa shape index (κ2) is 7.09. The Morgan fingerprint density at radius 1 is 1.35 bits per heavy atom. The Morgan fingerprint density at radius 2 is 2.05 bits per heavy atom. The molecule has 1 aliphatic heterocycles. The number of piperidine rings is 1. The lowest BCUT2D eigenvalue weighted by atomic mass is 9.99. The molecule has 0 unspecified atom stereocenters. The van der Waals surface area contributed by atoms with Crippen LogP contribution in [-0.4, -0.2) is 54.7 Å². The summed E-state index contributed by atoms with van der Waals surface area (Å²) in [4.78, 5) is 9.04. The number of anilines is 1. The van der Waals surface area contributed by atoms with E-state index in [0.29, 0.717) is 0 Å². The summed E-state index contributed by atoms with van der Waals surface area (Å²) in [6.07, 6.45) is 4.67. The Balaban J connectivity index is 1.68. The number of nitrogens with one attached hydrogen (secondary N) is 1. The van der Waals surface area contributed by atoms with Crippen molar-refractivity contribution in [2.24, 2.45) is 13.0 Å². The highest BCUT2D eigenvalue weighted by atomic mass is 15.3. The van der Waals surface area contributed by atoms with E-state index >= 15 is 0 Å². The summed E-state index contributed by atoms with van der Waals surface area (Å²) in [5.41, 5.74) is 1.24. The quantitative estimate of drug-likeness (QED) is 0.797. The van der Waals surface area contributed by atoms with Crippen LogP contribution in [0, 0.1) is 5.92 Å². The highest BCUT2D eigenvalue weighted by Gasteiger charge is 2.14. The van der Waals surface area contributed by atoms with Crippen LogP contribution in [-0.2, 0) is 13.6 Å². The Kier molecular flexibility index (Phi) is 5.43. The fourth-order valence-electron chi connectivity index (χ4n) is 2.75. The third-order valence-corrected chi connectivity index (χ3v) is 4.25. The first-order valence-corrected chi connectivity index (χ1v) is 7.69. The second-order valence-corrected chi connectivity index (χ2v) is 6.20. The minimum absolute atomic E-state index is 0.890. The van der Waals surface area contributed by atoms with Gasteiger partial charge in [-0.2, -0.15) is 0 Å². The molecule has 0 aliphatic carbocycles. The number of rotatable bonds is 6. The molecule has 0 amide bonds. The first-order valence-electron chi connectivity index (χ1n) is 7.69. The van der Waals surface area contributed by atoms with E-state index in [9.17, 15) is 0 Å². The lowest BCUT2D eigenvalue weighted by Crippen LogP contribution is -2.37. The molecule has 0 atom stereocenters. The first kappa shape index (κ1) is 15.3. The molecule has 1 N–H and O–H groups in total. The molecule has 1 aromatic rings. The Bertz CT molecular complexity index is 404. The zero-order chi connectivity index (χ0) is 14.5. The first-order chi connectivity index (χ1) is 9.58. The van der Waals surface area contributed by atoms with Crippen molar-refractivity contribution in [2.45, 2.75) is 26.3 Å². The summed E-state index contributed by atoms with van der Waals surface area (Å²) >= 11 is 0. The number of nitrogens with zero attached hydrogens (tertiary/aromatic N) is 4. The Morgan fingerprint density at radius 3 is 2.65 bits per heavy atom. The molecule has 5 heteroatoms. The Hall–Kier alpha value is -1.07. The van der Waals surface area contributed by atoms with E-state index in [1.54, 1.807) is 0 Å². The van der Waals surface area contributed by atoms with Crippen molar-refractivity contribution in [1.29, 1.82) is 0 Å². The van der Waals surface area contributed by atoms with Crippen LogP contribution >= 0.6 is 0 Å². The van der Waals surface area contributed by atoms with Crippen LogP contribution in [0.25, 0.3) is 0 Å². The predicted octanol–water partition coefficient (Wildman–Crippen LogP) is 1.31. The molecule has 1 saturated heterocycles. The van der Waals surface area contributed by atoms with Gasteiger partial charge in [-0.25, -0.2) is 4.98 Å². The highest BCUT2D eigenvalue weighted by Crippen LogP contribution is 2.15. The van der Waals surface area contributed by atoms with Gasteiger partial charge in [0.25, 0.3) is 0 Å². The third kappa shape index (κ3) is 3.96. The van der Waals surface area contributed by atoms with Gasteiger partial charge in [-0.3, -0.25) is 0 Å². The molecule has 0 bridgehead atoms. The SMILES string of the molecule is CC1CCN(CCNCc2cnc(N(C)C)n2C)CC1. The molecule has 5 nitrogen and oxygen atoms in total. The largest absolute Gasteiger partial charge is 0.348 e. The number of hydrogen-bond acceptors (Lipinski definition) is 4. The summed E-state index contributed by atoms with van der Waals surface area (Å²) in [5.74, 6) is 1.92. The molecule has 1 fully saturated rings. The number of hydrogen-bond donors (Lipinski definition) is 1. The molecule has 0 saturated carbocycles. The van der Waals surface area contributed by atoms with E-state index in [1.165, 1.54) is 31.6 Å². The van der Waals surface area contributed by atoms with E-state index in [1.807, 2.05) is 25.2 Å². The molecule has 1 aromatic heterocycles. The smallest absolute Gasteiger partial charge is 0.204 e. The monoisotopic (exact) mass is 279 g/mol. The minimum Gasteiger partial charge on any atom is -0.348 e. The van der Waals surface area contributed by atoms with Crippen LogP contribution in [0.4, 0.5) is 5.95 Å². The van der Waals surface area contributed by atoms with Crippen LogP contribution in [0.5, 0.6) is 0 Å². The van der Waals surface area contributed by atoms with E-state index in [4.69, 9.17) is 0 Å². The molecule has 0 spiro atoms. The summed E-state index contributed by atoms with van der Waals surface area (Å²) in [5, 5.41) is 3.53. The number of aromatic nitrogens is 2. The zero-order valence-electron chi connectivity index (χ0n) is 13.4. The van der Waals surface area contributed by atoms with Crippen molar-refractivity contribution < 1.29 is 0 Å². The molecule has 2 rings (SSSR count). The van der Waals surface area contributed by atoms with Gasteiger partial charge in [0.2, 0.25) is 5.95 Å². The van der Waals surface area contributed by atoms with Crippen molar-refractivity contribution in [3.8, 4) is 0 Å². The summed E-state index contributed by atoms with van der Waals surface area (Å²) < 4.78 is 2.15. The van der Waals surface area contributed by atoms with Crippen molar-refractivity contribution >= 4 is 5.95 Å². The van der Waals surface area contributed by atoms with Gasteiger partial charge in [0.15, 0.2) is 0 Å². The van der Waals surface area contributed by atoms with Gasteiger partial charge in [0.05, 0.1) is 11.9 Å². The van der Waals surface area contributed by atoms with E-state index < -0.39 is 0 Å². The van der Waals surface area contributed by atoms with Crippen LogP contribution in [0.3, 0.4) is 0 Å². The maximum absolute atomic E-state index is 4.43. The molecule has 2 heterocycles. The van der Waals surface area contributed by atoms with Crippen LogP contribution < -0.4 is 10.2 Å². The Labute approximate surface area is 123 Å². The van der Waals surface area contributed by atoms with Gasteiger partial charge in [-0.05, 0) is 31.8 Å². The normalized spacial score (nSPS) is 17.6. The zero-order valence-corrected chi connectivity index (χ0v) is 13.4. The fraction of sp³-hybridized carbons (Fsp3) is 0.800. The van der Waals surface area contributed by atoms with E-state index in [2.05, 4.69) is 33.7 Å². The number of imidazole rings is 1. The van der Waals surface area contributed by atoms with Crippen molar-refractivity contribution in [3.05, 3.63) is 11.9 Å². The maximum atomic E-state index is 4.43. The average molecular weight is 279 g/mol. The molecule has 20 heavy (non-hydrogen) atoms. The van der Waals surface area contributed by atoms with Gasteiger partial charge in [0.1, 0.15) is 0 Å². The van der Waals surface area contributed by atoms with Crippen LogP contribution in [0.15, 0.2) is 6.20 Å². The predicted molar refractivity (Wildman–Crippen MR) is 84.1 cm³/mol. The molecular formula is C15H29N5. The lowest BCUT2D eigenvalue weighted by molar-refractivity contribution is 0.193. The van der Waals surface area contributed by atoms with Crippen LogP contribution in [0.1, 0.15) is 25.5 Å². The topological polar surface area (TPSA) is 36.3 Å². The van der Waals surface area contributed by atoms with Gasteiger partial charge in [-0.1, -0.05) is 6.92 Å². The molecule has 0 aromatic carbocycles. The van der Waals surface area contributed by atoms with Gasteiger partial charge in [0, 0.05) is 40.8 Å². The minimum atomic E-state index is 0.890. The maximum Gasteiger partial charge on any atom is 0.204 e. The molecule has 114 valence electrons. The summed E-state index contributed by atoms with van der Waals surface area (Å²) in [6.45, 7) is 7.99. The van der Waals surface area contributed by atoms with Gasteiger partial charge < -0.3 is 19.7 Å². The summed E-state index contributed by atoms with van der Waals surface area (Å²) in [6, 6.07) is 0.